The highest BCUT2D eigenvalue weighted by Gasteiger charge is 2.37. The van der Waals surface area contributed by atoms with Crippen molar-refractivity contribution in [2.45, 2.75) is 38.0 Å². The molecule has 2 aliphatic heterocycles. The molecule has 3 heterocycles. The molecule has 0 radical (unpaired) electrons. The van der Waals surface area contributed by atoms with E-state index in [1.165, 1.54) is 0 Å². The summed E-state index contributed by atoms with van der Waals surface area (Å²) in [7, 11) is 0. The number of amides is 1. The van der Waals surface area contributed by atoms with Crippen molar-refractivity contribution in [1.82, 2.24) is 14.5 Å². The maximum atomic E-state index is 13.0. The number of hydrogen-bond donors (Lipinski definition) is 0. The third kappa shape index (κ3) is 3.99. The first-order valence-electron chi connectivity index (χ1n) is 10.6. The number of carbonyl (C=O) groups excluding carboxylic acids is 1. The Balaban J connectivity index is 1.48. The van der Waals surface area contributed by atoms with Gasteiger partial charge in [-0.2, -0.15) is 8.78 Å². The second-order valence-corrected chi connectivity index (χ2v) is 8.90. The summed E-state index contributed by atoms with van der Waals surface area (Å²) in [5, 5.41) is 0. The van der Waals surface area contributed by atoms with Crippen LogP contribution in [0.3, 0.4) is 0 Å². The van der Waals surface area contributed by atoms with Crippen LogP contribution in [0.4, 0.5) is 8.78 Å². The summed E-state index contributed by atoms with van der Waals surface area (Å²) in [6.07, 6.45) is 1.71. The van der Waals surface area contributed by atoms with Crippen molar-refractivity contribution < 1.29 is 23.0 Å². The van der Waals surface area contributed by atoms with Crippen LogP contribution >= 0.6 is 15.9 Å². The quantitative estimate of drug-likeness (QED) is 0.449. The van der Waals surface area contributed by atoms with Crippen molar-refractivity contribution in [1.29, 1.82) is 0 Å². The van der Waals surface area contributed by atoms with E-state index >= 15 is 0 Å². The van der Waals surface area contributed by atoms with Crippen LogP contribution in [0, 0.1) is 0 Å². The Kier molecular flexibility index (Phi) is 5.86. The standard InChI is InChI=1S/C23H22BrF2N3O3/c24-14-7-8-16-18(12-14)29-17(15-4-1-2-5-19(15)32-23(25)26)13-20(22(29)27-16)31-11-10-28-9-3-6-21(28)30/h1-2,4-5,7-8,12,17,20,23H,3,6,9-11,13H2/t17-,20-/m1/s1. The lowest BCUT2D eigenvalue weighted by atomic mass is 10.0. The summed E-state index contributed by atoms with van der Waals surface area (Å²) >= 11 is 3.52. The van der Waals surface area contributed by atoms with Crippen molar-refractivity contribution in [2.75, 3.05) is 19.7 Å². The predicted octanol–water partition coefficient (Wildman–Crippen LogP) is 5.07. The summed E-state index contributed by atoms with van der Waals surface area (Å²) < 4.78 is 40.1. The fraction of sp³-hybridized carbons (Fsp3) is 0.391. The fourth-order valence-electron chi connectivity index (χ4n) is 4.67. The highest BCUT2D eigenvalue weighted by Crippen LogP contribution is 2.45. The van der Waals surface area contributed by atoms with Gasteiger partial charge in [0.25, 0.3) is 0 Å². The van der Waals surface area contributed by atoms with Crippen molar-refractivity contribution in [3.63, 3.8) is 0 Å². The Morgan fingerprint density at radius 1 is 1.22 bits per heavy atom. The topological polar surface area (TPSA) is 56.6 Å². The van der Waals surface area contributed by atoms with E-state index in [1.54, 1.807) is 18.2 Å². The maximum Gasteiger partial charge on any atom is 0.387 e. The number of para-hydroxylation sites is 1. The van der Waals surface area contributed by atoms with Gasteiger partial charge in [-0.1, -0.05) is 34.1 Å². The number of aromatic nitrogens is 2. The number of hydrogen-bond acceptors (Lipinski definition) is 4. The van der Waals surface area contributed by atoms with Crippen LogP contribution in [-0.2, 0) is 9.53 Å². The van der Waals surface area contributed by atoms with E-state index in [1.807, 2.05) is 29.2 Å². The lowest BCUT2D eigenvalue weighted by molar-refractivity contribution is -0.128. The molecule has 0 N–H and O–H groups in total. The SMILES string of the molecule is O=C1CCCN1CCO[C@@H]1C[C@H](c2ccccc2OC(F)F)n2c1nc1ccc(Br)cc12. The summed E-state index contributed by atoms with van der Waals surface area (Å²) in [6.45, 7) is -1.21. The third-order valence-corrected chi connectivity index (χ3v) is 6.55. The zero-order valence-electron chi connectivity index (χ0n) is 17.2. The first-order valence-corrected chi connectivity index (χ1v) is 11.4. The molecule has 6 nitrogen and oxygen atoms in total. The van der Waals surface area contributed by atoms with Gasteiger partial charge in [-0.15, -0.1) is 0 Å². The van der Waals surface area contributed by atoms with Gasteiger partial charge in [0.05, 0.1) is 23.7 Å². The number of ether oxygens (including phenoxy) is 2. The Morgan fingerprint density at radius 3 is 2.84 bits per heavy atom. The number of benzene rings is 2. The monoisotopic (exact) mass is 505 g/mol. The zero-order valence-corrected chi connectivity index (χ0v) is 18.8. The van der Waals surface area contributed by atoms with Gasteiger partial charge >= 0.3 is 6.61 Å². The molecule has 2 aromatic carbocycles. The molecule has 0 saturated carbocycles. The molecule has 0 bridgehead atoms. The highest BCUT2D eigenvalue weighted by atomic mass is 79.9. The first kappa shape index (κ1) is 21.3. The Morgan fingerprint density at radius 2 is 2.06 bits per heavy atom. The molecule has 2 aliphatic rings. The lowest BCUT2D eigenvalue weighted by Gasteiger charge is -2.19. The van der Waals surface area contributed by atoms with E-state index in [0.717, 1.165) is 34.3 Å². The van der Waals surface area contributed by atoms with Gasteiger partial charge in [0, 0.05) is 36.0 Å². The highest BCUT2D eigenvalue weighted by molar-refractivity contribution is 9.10. The molecule has 5 rings (SSSR count). The summed E-state index contributed by atoms with van der Waals surface area (Å²) in [5.41, 5.74) is 2.37. The van der Waals surface area contributed by atoms with Crippen molar-refractivity contribution in [2.24, 2.45) is 0 Å². The third-order valence-electron chi connectivity index (χ3n) is 6.06. The normalized spacial score (nSPS) is 20.5. The maximum absolute atomic E-state index is 13.0. The molecule has 168 valence electrons. The van der Waals surface area contributed by atoms with Gasteiger partial charge in [-0.05, 0) is 30.7 Å². The number of nitrogens with zero attached hydrogens (tertiary/aromatic N) is 3. The van der Waals surface area contributed by atoms with E-state index in [4.69, 9.17) is 14.5 Å². The van der Waals surface area contributed by atoms with Crippen LogP contribution in [0.5, 0.6) is 5.75 Å². The average Bonchev–Trinajstić information content (AvgIpc) is 3.43. The van der Waals surface area contributed by atoms with E-state index in [2.05, 4.69) is 20.5 Å². The number of alkyl halides is 2. The van der Waals surface area contributed by atoms with Crippen molar-refractivity contribution in [3.8, 4) is 5.75 Å². The minimum Gasteiger partial charge on any atom is -0.434 e. The lowest BCUT2D eigenvalue weighted by Crippen LogP contribution is -2.28. The molecule has 1 fully saturated rings. The number of fused-ring (bicyclic) bond motifs is 3. The van der Waals surface area contributed by atoms with Crippen LogP contribution in [0.1, 0.15) is 42.8 Å². The number of imidazole rings is 1. The molecule has 32 heavy (non-hydrogen) atoms. The molecule has 0 aliphatic carbocycles. The Bertz CT molecular complexity index is 1150. The molecule has 0 unspecified atom stereocenters. The number of halogens is 3. The molecule has 9 heteroatoms. The van der Waals surface area contributed by atoms with Crippen LogP contribution < -0.4 is 4.74 Å². The fourth-order valence-corrected chi connectivity index (χ4v) is 5.02. The number of likely N-dealkylation sites (tertiary alicyclic amines) is 1. The summed E-state index contributed by atoms with van der Waals surface area (Å²) in [6, 6.07) is 12.4. The van der Waals surface area contributed by atoms with Gasteiger partial charge < -0.3 is 18.9 Å². The predicted molar refractivity (Wildman–Crippen MR) is 118 cm³/mol. The largest absolute Gasteiger partial charge is 0.434 e. The minimum absolute atomic E-state index is 0.151. The van der Waals surface area contributed by atoms with Crippen LogP contribution in [-0.4, -0.2) is 46.7 Å². The molecule has 3 aromatic rings. The second kappa shape index (κ2) is 8.78. The molecule has 1 amide bonds. The zero-order chi connectivity index (χ0) is 22.2. The Hall–Kier alpha value is -2.52. The van der Waals surface area contributed by atoms with E-state index in [9.17, 15) is 13.6 Å². The Labute approximate surface area is 192 Å². The van der Waals surface area contributed by atoms with E-state index < -0.39 is 6.61 Å². The second-order valence-electron chi connectivity index (χ2n) is 7.98. The van der Waals surface area contributed by atoms with Crippen LogP contribution in [0.2, 0.25) is 0 Å². The molecular weight excluding hydrogens is 484 g/mol. The van der Waals surface area contributed by atoms with E-state index in [-0.39, 0.29) is 23.8 Å². The van der Waals surface area contributed by atoms with Gasteiger partial charge in [-0.25, -0.2) is 4.98 Å². The smallest absolute Gasteiger partial charge is 0.387 e. The molecule has 1 saturated heterocycles. The minimum atomic E-state index is -2.91. The molecule has 1 aromatic heterocycles. The van der Waals surface area contributed by atoms with Crippen molar-refractivity contribution in [3.05, 3.63) is 58.3 Å². The van der Waals surface area contributed by atoms with Crippen LogP contribution in [0.25, 0.3) is 11.0 Å². The van der Waals surface area contributed by atoms with Gasteiger partial charge in [0.1, 0.15) is 17.7 Å². The molecular formula is C23H22BrF2N3O3. The number of carbonyl (C=O) groups is 1. The van der Waals surface area contributed by atoms with Gasteiger partial charge in [-0.3, -0.25) is 4.79 Å². The van der Waals surface area contributed by atoms with Crippen LogP contribution in [0.15, 0.2) is 46.9 Å². The number of rotatable bonds is 7. The van der Waals surface area contributed by atoms with Gasteiger partial charge in [0.15, 0.2) is 0 Å². The molecule has 0 spiro atoms. The van der Waals surface area contributed by atoms with E-state index in [0.29, 0.717) is 31.6 Å². The average molecular weight is 506 g/mol. The van der Waals surface area contributed by atoms with Crippen molar-refractivity contribution >= 4 is 32.9 Å². The summed E-state index contributed by atoms with van der Waals surface area (Å²) in [5.74, 6) is 1.06. The van der Waals surface area contributed by atoms with Gasteiger partial charge in [0.2, 0.25) is 5.91 Å². The molecule has 2 atom stereocenters. The summed E-state index contributed by atoms with van der Waals surface area (Å²) in [4.78, 5) is 18.5. The first-order chi connectivity index (χ1) is 15.5.